The van der Waals surface area contributed by atoms with E-state index in [1.165, 1.54) is 6.07 Å². The van der Waals surface area contributed by atoms with Crippen molar-refractivity contribution in [1.82, 2.24) is 0 Å². The summed E-state index contributed by atoms with van der Waals surface area (Å²) in [6, 6.07) is 6.40. The van der Waals surface area contributed by atoms with Crippen LogP contribution in [0.15, 0.2) is 29.2 Å². The fourth-order valence-electron chi connectivity index (χ4n) is 1.24. The van der Waals surface area contributed by atoms with Gasteiger partial charge in [-0.15, -0.1) is 0 Å². The molecule has 0 amide bonds. The third-order valence-electron chi connectivity index (χ3n) is 2.57. The molecular formula is C12H16O4S. The van der Waals surface area contributed by atoms with E-state index in [2.05, 4.69) is 4.18 Å². The molecule has 1 atom stereocenters. The van der Waals surface area contributed by atoms with Crippen LogP contribution in [0.25, 0.3) is 0 Å². The number of carbonyl (C=O) groups is 1. The first-order chi connectivity index (χ1) is 7.88. The molecule has 0 fully saturated rings. The van der Waals surface area contributed by atoms with Crippen molar-refractivity contribution in [1.29, 1.82) is 0 Å². The zero-order valence-corrected chi connectivity index (χ0v) is 11.0. The van der Waals surface area contributed by atoms with Crippen molar-refractivity contribution in [2.24, 2.45) is 5.92 Å². The normalized spacial score (nSPS) is 13.1. The third kappa shape index (κ3) is 3.30. The minimum absolute atomic E-state index is 0.0386. The molecule has 0 aliphatic rings. The lowest BCUT2D eigenvalue weighted by atomic mass is 10.1. The van der Waals surface area contributed by atoms with Gasteiger partial charge in [0.25, 0.3) is 0 Å². The summed E-state index contributed by atoms with van der Waals surface area (Å²) in [7, 11) is -3.99. The number of benzene rings is 1. The van der Waals surface area contributed by atoms with Crippen molar-refractivity contribution < 1.29 is 17.4 Å². The molecule has 17 heavy (non-hydrogen) atoms. The van der Waals surface area contributed by atoms with E-state index >= 15 is 0 Å². The van der Waals surface area contributed by atoms with Gasteiger partial charge < -0.3 is 4.18 Å². The number of carbonyl (C=O) groups excluding carboxylic acids is 1. The molecule has 5 heteroatoms. The summed E-state index contributed by atoms with van der Waals surface area (Å²) in [6.07, 6.45) is 0.544. The largest absolute Gasteiger partial charge is 0.342 e. The summed E-state index contributed by atoms with van der Waals surface area (Å²) in [4.78, 5) is 11.5. The number of hydrogen-bond acceptors (Lipinski definition) is 4. The molecule has 1 rings (SSSR count). The van der Waals surface area contributed by atoms with Crippen LogP contribution in [0.1, 0.15) is 25.8 Å². The van der Waals surface area contributed by atoms with Gasteiger partial charge in [0.1, 0.15) is 4.90 Å². The molecule has 1 aromatic carbocycles. The summed E-state index contributed by atoms with van der Waals surface area (Å²) < 4.78 is 28.3. The van der Waals surface area contributed by atoms with Gasteiger partial charge in [-0.25, -0.2) is 0 Å². The van der Waals surface area contributed by atoms with Gasteiger partial charge in [0.2, 0.25) is 0 Å². The molecule has 94 valence electrons. The van der Waals surface area contributed by atoms with Crippen molar-refractivity contribution in [3.05, 3.63) is 29.8 Å². The van der Waals surface area contributed by atoms with Crippen molar-refractivity contribution in [2.45, 2.75) is 32.1 Å². The lowest BCUT2D eigenvalue weighted by Gasteiger charge is -2.10. The van der Waals surface area contributed by atoms with Gasteiger partial charge in [-0.2, -0.15) is 8.42 Å². The smallest absolute Gasteiger partial charge is 0.341 e. The maximum Gasteiger partial charge on any atom is 0.341 e. The van der Waals surface area contributed by atoms with Gasteiger partial charge in [-0.05, 0) is 25.0 Å². The van der Waals surface area contributed by atoms with E-state index in [0.717, 1.165) is 0 Å². The van der Waals surface area contributed by atoms with E-state index in [1.807, 2.05) is 0 Å². The minimum atomic E-state index is -3.99. The van der Waals surface area contributed by atoms with Crippen LogP contribution in [0.2, 0.25) is 0 Å². The van der Waals surface area contributed by atoms with Crippen molar-refractivity contribution >= 4 is 16.1 Å². The Balaban J connectivity index is 2.98. The first-order valence-corrected chi connectivity index (χ1v) is 6.83. The predicted octanol–water partition coefficient (Wildman–Crippen LogP) is 2.27. The van der Waals surface area contributed by atoms with Crippen molar-refractivity contribution in [3.63, 3.8) is 0 Å². The first-order valence-electron chi connectivity index (χ1n) is 5.42. The Hall–Kier alpha value is -1.36. The van der Waals surface area contributed by atoms with E-state index in [-0.39, 0.29) is 4.90 Å². The van der Waals surface area contributed by atoms with Crippen LogP contribution in [-0.2, 0) is 19.1 Å². The average Bonchev–Trinajstić information content (AvgIpc) is 2.27. The predicted molar refractivity (Wildman–Crippen MR) is 63.9 cm³/mol. The van der Waals surface area contributed by atoms with E-state index in [1.54, 1.807) is 39.0 Å². The van der Waals surface area contributed by atoms with Gasteiger partial charge in [0.15, 0.2) is 0 Å². The SMILES string of the molecule is CCC(C)C(=O)OS(=O)(=O)c1ccccc1C. The molecule has 0 spiro atoms. The van der Waals surface area contributed by atoms with Crippen LogP contribution in [0, 0.1) is 12.8 Å². The molecule has 0 aliphatic heterocycles. The van der Waals surface area contributed by atoms with Crippen LogP contribution >= 0.6 is 0 Å². The number of aryl methyl sites for hydroxylation is 1. The Morgan fingerprint density at radius 2 is 1.94 bits per heavy atom. The van der Waals surface area contributed by atoms with Gasteiger partial charge in [0.05, 0.1) is 5.92 Å². The van der Waals surface area contributed by atoms with Crippen LogP contribution < -0.4 is 0 Å². The maximum atomic E-state index is 11.8. The van der Waals surface area contributed by atoms with Gasteiger partial charge in [-0.1, -0.05) is 32.0 Å². The van der Waals surface area contributed by atoms with Gasteiger partial charge in [0, 0.05) is 0 Å². The topological polar surface area (TPSA) is 60.4 Å². The lowest BCUT2D eigenvalue weighted by molar-refractivity contribution is -0.137. The molecule has 0 aromatic heterocycles. The fourth-order valence-corrected chi connectivity index (χ4v) is 2.42. The molecule has 0 bridgehead atoms. The van der Waals surface area contributed by atoms with Gasteiger partial charge in [-0.3, -0.25) is 4.79 Å². The fraction of sp³-hybridized carbons (Fsp3) is 0.417. The third-order valence-corrected chi connectivity index (χ3v) is 3.95. The Morgan fingerprint density at radius 1 is 1.35 bits per heavy atom. The zero-order chi connectivity index (χ0) is 13.1. The second-order valence-electron chi connectivity index (χ2n) is 3.93. The van der Waals surface area contributed by atoms with Crippen molar-refractivity contribution in [3.8, 4) is 0 Å². The molecule has 0 saturated carbocycles. The molecular weight excluding hydrogens is 240 g/mol. The highest BCUT2D eigenvalue weighted by Gasteiger charge is 2.24. The van der Waals surface area contributed by atoms with Crippen LogP contribution in [0.5, 0.6) is 0 Å². The van der Waals surface area contributed by atoms with Crippen LogP contribution in [-0.4, -0.2) is 14.4 Å². The van der Waals surface area contributed by atoms with Gasteiger partial charge >= 0.3 is 16.1 Å². The Kier molecular flexibility index (Phi) is 4.28. The highest BCUT2D eigenvalue weighted by molar-refractivity contribution is 7.87. The second kappa shape index (κ2) is 5.31. The van der Waals surface area contributed by atoms with Crippen LogP contribution in [0.4, 0.5) is 0 Å². The molecule has 4 nitrogen and oxygen atoms in total. The first kappa shape index (κ1) is 13.7. The van der Waals surface area contributed by atoms with E-state index in [9.17, 15) is 13.2 Å². The zero-order valence-electron chi connectivity index (χ0n) is 10.1. The standard InChI is InChI=1S/C12H16O4S/c1-4-9(2)12(13)16-17(14,15)11-8-6-5-7-10(11)3/h5-9H,4H2,1-3H3. The molecule has 0 radical (unpaired) electrons. The highest BCUT2D eigenvalue weighted by Crippen LogP contribution is 2.18. The van der Waals surface area contributed by atoms with Crippen LogP contribution in [0.3, 0.4) is 0 Å². The summed E-state index contributed by atoms with van der Waals surface area (Å²) >= 11 is 0. The molecule has 1 aromatic rings. The van der Waals surface area contributed by atoms with E-state index in [0.29, 0.717) is 12.0 Å². The Labute approximate surface area is 102 Å². The van der Waals surface area contributed by atoms with E-state index in [4.69, 9.17) is 0 Å². The average molecular weight is 256 g/mol. The summed E-state index contributed by atoms with van der Waals surface area (Å²) in [5.41, 5.74) is 0.560. The summed E-state index contributed by atoms with van der Waals surface area (Å²) in [5.74, 6) is -1.13. The molecule has 0 N–H and O–H groups in total. The molecule has 0 heterocycles. The lowest BCUT2D eigenvalue weighted by Crippen LogP contribution is -2.19. The van der Waals surface area contributed by atoms with Crippen molar-refractivity contribution in [2.75, 3.05) is 0 Å². The second-order valence-corrected chi connectivity index (χ2v) is 5.45. The Bertz CT molecular complexity index is 505. The number of hydrogen-bond donors (Lipinski definition) is 0. The summed E-state index contributed by atoms with van der Waals surface area (Å²) in [5, 5.41) is 0. The molecule has 1 unspecified atom stereocenters. The minimum Gasteiger partial charge on any atom is -0.342 e. The number of rotatable bonds is 4. The Morgan fingerprint density at radius 3 is 2.47 bits per heavy atom. The maximum absolute atomic E-state index is 11.8. The van der Waals surface area contributed by atoms with E-state index < -0.39 is 22.0 Å². The highest BCUT2D eigenvalue weighted by atomic mass is 32.2. The summed E-state index contributed by atoms with van der Waals surface area (Å²) in [6.45, 7) is 5.09. The molecule has 0 aliphatic carbocycles. The quantitative estimate of drug-likeness (QED) is 0.775. The monoisotopic (exact) mass is 256 g/mol. The molecule has 0 saturated heterocycles.